The number of benzene rings is 1. The smallest absolute Gasteiger partial charge is 0.255 e. The summed E-state index contributed by atoms with van der Waals surface area (Å²) in [5, 5.41) is 13.4. The van der Waals surface area contributed by atoms with Crippen molar-refractivity contribution in [3.05, 3.63) is 29.3 Å². The predicted octanol–water partition coefficient (Wildman–Crippen LogP) is 2.85. The number of amides is 1. The van der Waals surface area contributed by atoms with Crippen LogP contribution >= 0.6 is 15.9 Å². The lowest BCUT2D eigenvalue weighted by Gasteiger charge is -2.19. The molecule has 0 radical (unpaired) electrons. The third-order valence-corrected chi connectivity index (χ3v) is 3.87. The van der Waals surface area contributed by atoms with Crippen molar-refractivity contribution < 1.29 is 9.90 Å². The quantitative estimate of drug-likeness (QED) is 0.840. The molecule has 1 amide bonds. The average Bonchev–Trinajstić information content (AvgIpc) is 2.30. The second-order valence-corrected chi connectivity index (χ2v) is 5.06. The Bertz CT molecular complexity index is 406. The molecule has 0 spiro atoms. The molecular weight excluding hydrogens is 282 g/mol. The standard InChI is InChI=1S/C13H18BrNO2/c1-8-4-5-12(16)11(6-8)13(17)15-10(3)9(2)7-14/h4-6,9-10,16H,7H2,1-3H3,(H,15,17). The van der Waals surface area contributed by atoms with Gasteiger partial charge in [-0.15, -0.1) is 0 Å². The van der Waals surface area contributed by atoms with E-state index in [1.165, 1.54) is 0 Å². The van der Waals surface area contributed by atoms with Gasteiger partial charge in [-0.05, 0) is 31.9 Å². The minimum Gasteiger partial charge on any atom is -0.507 e. The number of nitrogens with one attached hydrogen (secondary N) is 1. The second kappa shape index (κ2) is 6.05. The van der Waals surface area contributed by atoms with E-state index in [9.17, 15) is 9.90 Å². The normalized spacial score (nSPS) is 14.1. The van der Waals surface area contributed by atoms with Crippen LogP contribution in [0.15, 0.2) is 18.2 Å². The summed E-state index contributed by atoms with van der Waals surface area (Å²) in [5.74, 6) is 0.129. The van der Waals surface area contributed by atoms with Crippen LogP contribution in [0.2, 0.25) is 0 Å². The molecule has 0 aliphatic rings. The van der Waals surface area contributed by atoms with E-state index in [1.54, 1.807) is 18.2 Å². The molecule has 0 bridgehead atoms. The van der Waals surface area contributed by atoms with Crippen LogP contribution in [-0.2, 0) is 0 Å². The number of phenolic OH excluding ortho intramolecular Hbond substituents is 1. The first-order chi connectivity index (χ1) is 7.95. The molecule has 4 heteroatoms. The minimum absolute atomic E-state index is 0.0202. The Balaban J connectivity index is 2.79. The summed E-state index contributed by atoms with van der Waals surface area (Å²) in [6.07, 6.45) is 0. The molecule has 1 aromatic carbocycles. The number of hydrogen-bond acceptors (Lipinski definition) is 2. The lowest BCUT2D eigenvalue weighted by Crippen LogP contribution is -2.37. The molecule has 17 heavy (non-hydrogen) atoms. The molecule has 2 atom stereocenters. The van der Waals surface area contributed by atoms with Gasteiger partial charge in [0.1, 0.15) is 5.75 Å². The first-order valence-electron chi connectivity index (χ1n) is 5.62. The van der Waals surface area contributed by atoms with E-state index in [0.717, 1.165) is 10.9 Å². The number of phenols is 1. The summed E-state index contributed by atoms with van der Waals surface area (Å²) in [5.41, 5.74) is 1.28. The fraction of sp³-hybridized carbons (Fsp3) is 0.462. The topological polar surface area (TPSA) is 49.3 Å². The van der Waals surface area contributed by atoms with Gasteiger partial charge in [-0.25, -0.2) is 0 Å². The molecule has 0 aromatic heterocycles. The Kier molecular flexibility index (Phi) is 5.00. The minimum atomic E-state index is -0.230. The first kappa shape index (κ1) is 14.0. The number of halogens is 1. The number of carbonyl (C=O) groups is 1. The van der Waals surface area contributed by atoms with Gasteiger partial charge in [-0.2, -0.15) is 0 Å². The molecule has 0 aliphatic heterocycles. The Morgan fingerprint density at radius 2 is 2.12 bits per heavy atom. The maximum absolute atomic E-state index is 12.0. The van der Waals surface area contributed by atoms with Crippen molar-refractivity contribution in [1.29, 1.82) is 0 Å². The van der Waals surface area contributed by atoms with Crippen LogP contribution in [0.5, 0.6) is 5.75 Å². The highest BCUT2D eigenvalue weighted by Crippen LogP contribution is 2.18. The van der Waals surface area contributed by atoms with Crippen LogP contribution in [0.25, 0.3) is 0 Å². The molecule has 2 N–H and O–H groups in total. The molecule has 1 aromatic rings. The van der Waals surface area contributed by atoms with Crippen molar-refractivity contribution >= 4 is 21.8 Å². The monoisotopic (exact) mass is 299 g/mol. The van der Waals surface area contributed by atoms with Gasteiger partial charge in [0.05, 0.1) is 5.56 Å². The van der Waals surface area contributed by atoms with E-state index in [-0.39, 0.29) is 17.7 Å². The third kappa shape index (κ3) is 3.73. The number of carbonyl (C=O) groups excluding carboxylic acids is 1. The number of rotatable bonds is 4. The lowest BCUT2D eigenvalue weighted by molar-refractivity contribution is 0.0928. The highest BCUT2D eigenvalue weighted by Gasteiger charge is 2.17. The molecular formula is C13H18BrNO2. The maximum atomic E-state index is 12.0. The molecule has 1 rings (SSSR count). The van der Waals surface area contributed by atoms with Crippen molar-refractivity contribution in [1.82, 2.24) is 5.32 Å². The molecule has 3 nitrogen and oxygen atoms in total. The van der Waals surface area contributed by atoms with E-state index < -0.39 is 0 Å². The molecule has 0 saturated carbocycles. The number of aryl methyl sites for hydroxylation is 1. The molecule has 0 fully saturated rings. The predicted molar refractivity (Wildman–Crippen MR) is 72.7 cm³/mol. The van der Waals surface area contributed by atoms with Crippen molar-refractivity contribution in [2.45, 2.75) is 26.8 Å². The van der Waals surface area contributed by atoms with E-state index in [0.29, 0.717) is 11.5 Å². The van der Waals surface area contributed by atoms with Crippen molar-refractivity contribution in [2.75, 3.05) is 5.33 Å². The average molecular weight is 300 g/mol. The SMILES string of the molecule is Cc1ccc(O)c(C(=O)NC(C)C(C)CBr)c1. The Labute approximate surface area is 110 Å². The van der Waals surface area contributed by atoms with Gasteiger partial charge in [0, 0.05) is 11.4 Å². The zero-order chi connectivity index (χ0) is 13.0. The fourth-order valence-electron chi connectivity index (χ4n) is 1.39. The summed E-state index contributed by atoms with van der Waals surface area (Å²) in [7, 11) is 0. The van der Waals surface area contributed by atoms with E-state index in [1.807, 2.05) is 13.8 Å². The third-order valence-electron chi connectivity index (χ3n) is 2.85. The van der Waals surface area contributed by atoms with Crippen molar-refractivity contribution in [2.24, 2.45) is 5.92 Å². The second-order valence-electron chi connectivity index (χ2n) is 4.41. The highest BCUT2D eigenvalue weighted by molar-refractivity contribution is 9.09. The molecule has 0 aliphatic carbocycles. The molecule has 0 heterocycles. The fourth-order valence-corrected chi connectivity index (χ4v) is 1.95. The highest BCUT2D eigenvalue weighted by atomic mass is 79.9. The van der Waals surface area contributed by atoms with E-state index >= 15 is 0 Å². The van der Waals surface area contributed by atoms with Crippen molar-refractivity contribution in [3.63, 3.8) is 0 Å². The summed E-state index contributed by atoms with van der Waals surface area (Å²) in [4.78, 5) is 12.0. The number of alkyl halides is 1. The lowest BCUT2D eigenvalue weighted by atomic mass is 10.0. The largest absolute Gasteiger partial charge is 0.507 e. The Hall–Kier alpha value is -1.03. The van der Waals surface area contributed by atoms with E-state index in [4.69, 9.17) is 0 Å². The van der Waals surface area contributed by atoms with Crippen LogP contribution < -0.4 is 5.32 Å². The number of aromatic hydroxyl groups is 1. The number of hydrogen-bond donors (Lipinski definition) is 2. The van der Waals surface area contributed by atoms with Crippen LogP contribution in [0, 0.1) is 12.8 Å². The summed E-state index contributed by atoms with van der Waals surface area (Å²) in [6, 6.07) is 5.07. The van der Waals surface area contributed by atoms with Gasteiger partial charge in [-0.3, -0.25) is 4.79 Å². The van der Waals surface area contributed by atoms with Crippen LogP contribution in [0.1, 0.15) is 29.8 Å². The maximum Gasteiger partial charge on any atom is 0.255 e. The van der Waals surface area contributed by atoms with Crippen LogP contribution in [0.3, 0.4) is 0 Å². The molecule has 2 unspecified atom stereocenters. The molecule has 0 saturated heterocycles. The van der Waals surface area contributed by atoms with E-state index in [2.05, 4.69) is 28.2 Å². The van der Waals surface area contributed by atoms with Gasteiger partial charge in [0.25, 0.3) is 5.91 Å². The van der Waals surface area contributed by atoms with Gasteiger partial charge in [-0.1, -0.05) is 34.5 Å². The summed E-state index contributed by atoms with van der Waals surface area (Å²) < 4.78 is 0. The first-order valence-corrected chi connectivity index (χ1v) is 6.74. The van der Waals surface area contributed by atoms with Gasteiger partial charge >= 0.3 is 0 Å². The zero-order valence-corrected chi connectivity index (χ0v) is 11.9. The van der Waals surface area contributed by atoms with Crippen LogP contribution in [0.4, 0.5) is 0 Å². The van der Waals surface area contributed by atoms with Crippen molar-refractivity contribution in [3.8, 4) is 5.75 Å². The summed E-state index contributed by atoms with van der Waals surface area (Å²) in [6.45, 7) is 5.90. The van der Waals surface area contributed by atoms with Gasteiger partial charge in [0.2, 0.25) is 0 Å². The molecule has 94 valence electrons. The zero-order valence-electron chi connectivity index (χ0n) is 10.3. The Morgan fingerprint density at radius 3 is 2.71 bits per heavy atom. The van der Waals surface area contributed by atoms with Gasteiger partial charge in [0.15, 0.2) is 0 Å². The van der Waals surface area contributed by atoms with Crippen LogP contribution in [-0.4, -0.2) is 22.4 Å². The van der Waals surface area contributed by atoms with Gasteiger partial charge < -0.3 is 10.4 Å². The summed E-state index contributed by atoms with van der Waals surface area (Å²) >= 11 is 3.39. The Morgan fingerprint density at radius 1 is 1.47 bits per heavy atom.